The first kappa shape index (κ1) is 7.84. The molecular formula is C6H12OP+. The van der Waals surface area contributed by atoms with E-state index in [1.54, 1.807) is 0 Å². The minimum Gasteiger partial charge on any atom is -0.0682 e. The molecule has 0 aliphatic carbocycles. The second-order valence-electron chi connectivity index (χ2n) is 2.68. The summed E-state index contributed by atoms with van der Waals surface area (Å²) in [4.78, 5) is 0. The molecule has 0 rings (SSSR count). The van der Waals surface area contributed by atoms with E-state index in [9.17, 15) is 4.57 Å². The molecule has 0 N–H and O–H groups in total. The zero-order chi connectivity index (χ0) is 6.78. The monoisotopic (exact) mass is 131 g/mol. The molecule has 1 atom stereocenters. The lowest BCUT2D eigenvalue weighted by atomic mass is 10.3. The molecule has 0 fully saturated rings. The van der Waals surface area contributed by atoms with Gasteiger partial charge in [0.15, 0.2) is 5.16 Å². The molecule has 0 bridgehead atoms. The first-order chi connectivity index (χ1) is 3.48. The van der Waals surface area contributed by atoms with E-state index in [0.717, 1.165) is 0 Å². The minimum absolute atomic E-state index is 0.100. The number of hydrogen-bond donors (Lipinski definition) is 0. The van der Waals surface area contributed by atoms with Crippen molar-refractivity contribution in [2.75, 3.05) is 0 Å². The van der Waals surface area contributed by atoms with Crippen LogP contribution in [0.2, 0.25) is 0 Å². The van der Waals surface area contributed by atoms with Crippen LogP contribution in [0.5, 0.6) is 0 Å². The molecule has 0 aromatic heterocycles. The van der Waals surface area contributed by atoms with Crippen molar-refractivity contribution in [3.05, 3.63) is 12.4 Å². The van der Waals surface area contributed by atoms with Crippen LogP contribution in [-0.4, -0.2) is 5.16 Å². The molecule has 46 valence electrons. The highest BCUT2D eigenvalue weighted by Crippen LogP contribution is 2.38. The number of rotatable bonds is 1. The van der Waals surface area contributed by atoms with Crippen LogP contribution in [0.25, 0.3) is 0 Å². The van der Waals surface area contributed by atoms with Gasteiger partial charge >= 0.3 is 7.80 Å². The Morgan fingerprint density at radius 1 is 1.50 bits per heavy atom. The van der Waals surface area contributed by atoms with Crippen molar-refractivity contribution in [2.24, 2.45) is 0 Å². The van der Waals surface area contributed by atoms with E-state index in [1.165, 1.54) is 5.82 Å². The summed E-state index contributed by atoms with van der Waals surface area (Å²) in [5, 5.41) is -0.100. The van der Waals surface area contributed by atoms with Crippen molar-refractivity contribution < 1.29 is 4.57 Å². The predicted octanol–water partition coefficient (Wildman–Crippen LogP) is 2.76. The summed E-state index contributed by atoms with van der Waals surface area (Å²) in [5.41, 5.74) is 0. The molecule has 8 heavy (non-hydrogen) atoms. The van der Waals surface area contributed by atoms with Crippen LogP contribution in [0.4, 0.5) is 0 Å². The highest BCUT2D eigenvalue weighted by molar-refractivity contribution is 7.49. The van der Waals surface area contributed by atoms with Crippen molar-refractivity contribution in [1.82, 2.24) is 0 Å². The summed E-state index contributed by atoms with van der Waals surface area (Å²) >= 11 is 0. The Morgan fingerprint density at radius 2 is 1.88 bits per heavy atom. The van der Waals surface area contributed by atoms with Crippen LogP contribution in [0, 0.1) is 0 Å². The average Bonchev–Trinajstić information content (AvgIpc) is 1.62. The molecule has 0 saturated carbocycles. The topological polar surface area (TPSA) is 17.1 Å². The standard InChI is InChI=1S/C6H12OP/c1-5-8(7)6(2,3)4/h5H,1H2,2-4H3/q+1. The molecule has 0 aromatic rings. The smallest absolute Gasteiger partial charge is 0.0682 e. The summed E-state index contributed by atoms with van der Waals surface area (Å²) < 4.78 is 10.9. The van der Waals surface area contributed by atoms with Gasteiger partial charge < -0.3 is 0 Å². The molecule has 0 spiro atoms. The van der Waals surface area contributed by atoms with Gasteiger partial charge in [-0.15, -0.1) is 0 Å². The lowest BCUT2D eigenvalue weighted by Gasteiger charge is -1.99. The van der Waals surface area contributed by atoms with Gasteiger partial charge in [0.05, 0.1) is 0 Å². The van der Waals surface area contributed by atoms with Gasteiger partial charge in [0, 0.05) is 0 Å². The first-order valence-corrected chi connectivity index (χ1v) is 3.90. The third-order valence-electron chi connectivity index (χ3n) is 0.827. The normalized spacial score (nSPS) is 13.1. The van der Waals surface area contributed by atoms with E-state index in [4.69, 9.17) is 0 Å². The summed E-state index contributed by atoms with van der Waals surface area (Å²) in [6.07, 6.45) is 0. The van der Waals surface area contributed by atoms with Crippen molar-refractivity contribution in [3.8, 4) is 0 Å². The van der Waals surface area contributed by atoms with Gasteiger partial charge in [-0.25, -0.2) is 0 Å². The van der Waals surface area contributed by atoms with Gasteiger partial charge in [-0.2, -0.15) is 0 Å². The molecular weight excluding hydrogens is 119 g/mol. The first-order valence-electron chi connectivity index (χ1n) is 2.57. The molecule has 0 radical (unpaired) electrons. The Hall–Kier alpha value is -0.160. The zero-order valence-electron chi connectivity index (χ0n) is 5.64. The second kappa shape index (κ2) is 2.41. The highest BCUT2D eigenvalue weighted by atomic mass is 31.1. The lowest BCUT2D eigenvalue weighted by molar-refractivity contribution is 0.571. The maximum Gasteiger partial charge on any atom is 0.373 e. The van der Waals surface area contributed by atoms with E-state index >= 15 is 0 Å². The van der Waals surface area contributed by atoms with E-state index in [-0.39, 0.29) is 5.16 Å². The summed E-state index contributed by atoms with van der Waals surface area (Å²) in [6.45, 7) is 9.26. The summed E-state index contributed by atoms with van der Waals surface area (Å²) in [6, 6.07) is 0. The van der Waals surface area contributed by atoms with Gasteiger partial charge in [0.1, 0.15) is 5.82 Å². The van der Waals surface area contributed by atoms with Crippen LogP contribution >= 0.6 is 7.80 Å². The van der Waals surface area contributed by atoms with Crippen molar-refractivity contribution in [2.45, 2.75) is 25.9 Å². The molecule has 0 aliphatic heterocycles. The van der Waals surface area contributed by atoms with Crippen molar-refractivity contribution in [1.29, 1.82) is 0 Å². The van der Waals surface area contributed by atoms with Crippen LogP contribution in [-0.2, 0) is 4.57 Å². The Bertz CT molecular complexity index is 110. The molecule has 1 unspecified atom stereocenters. The van der Waals surface area contributed by atoms with Gasteiger partial charge in [-0.1, -0.05) is 11.1 Å². The van der Waals surface area contributed by atoms with E-state index in [0.29, 0.717) is 0 Å². The predicted molar refractivity (Wildman–Crippen MR) is 37.6 cm³/mol. The molecule has 0 aromatic carbocycles. The van der Waals surface area contributed by atoms with E-state index in [2.05, 4.69) is 6.58 Å². The van der Waals surface area contributed by atoms with Gasteiger partial charge in [-0.3, -0.25) is 0 Å². The maximum absolute atomic E-state index is 10.9. The lowest BCUT2D eigenvalue weighted by Crippen LogP contribution is -2.04. The quantitative estimate of drug-likeness (QED) is 0.500. The third kappa shape index (κ3) is 2.23. The Morgan fingerprint density at radius 3 is 1.88 bits per heavy atom. The average molecular weight is 131 g/mol. The Labute approximate surface area is 51.6 Å². The number of hydrogen-bond acceptors (Lipinski definition) is 1. The second-order valence-corrected chi connectivity index (χ2v) is 5.04. The molecule has 0 amide bonds. The van der Waals surface area contributed by atoms with Crippen LogP contribution in [0.1, 0.15) is 20.8 Å². The summed E-state index contributed by atoms with van der Waals surface area (Å²) in [7, 11) is -1.21. The Kier molecular flexibility index (Phi) is 2.36. The molecule has 0 saturated heterocycles. The van der Waals surface area contributed by atoms with Crippen molar-refractivity contribution >= 4 is 7.80 Å². The van der Waals surface area contributed by atoms with Crippen LogP contribution < -0.4 is 0 Å². The van der Waals surface area contributed by atoms with E-state index in [1.807, 2.05) is 20.8 Å². The molecule has 1 nitrogen and oxygen atoms in total. The highest BCUT2D eigenvalue weighted by Gasteiger charge is 2.30. The van der Waals surface area contributed by atoms with E-state index < -0.39 is 7.80 Å². The zero-order valence-corrected chi connectivity index (χ0v) is 6.53. The minimum atomic E-state index is -1.21. The molecule has 0 heterocycles. The summed E-state index contributed by atoms with van der Waals surface area (Å²) in [5.74, 6) is 1.51. The largest absolute Gasteiger partial charge is 0.373 e. The van der Waals surface area contributed by atoms with Crippen LogP contribution in [0.15, 0.2) is 12.4 Å². The van der Waals surface area contributed by atoms with Gasteiger partial charge in [0.2, 0.25) is 0 Å². The van der Waals surface area contributed by atoms with Gasteiger partial charge in [0.25, 0.3) is 0 Å². The fraction of sp³-hybridized carbons (Fsp3) is 0.667. The molecule has 0 aliphatic rings. The maximum atomic E-state index is 10.9. The molecule has 2 heteroatoms. The van der Waals surface area contributed by atoms with Crippen LogP contribution in [0.3, 0.4) is 0 Å². The van der Waals surface area contributed by atoms with Gasteiger partial charge in [-0.05, 0) is 20.8 Å². The fourth-order valence-corrected chi connectivity index (χ4v) is 0.822. The SMILES string of the molecule is C=C[P+](=O)C(C)(C)C. The fourth-order valence-electron chi connectivity index (χ4n) is 0.274. The van der Waals surface area contributed by atoms with Crippen molar-refractivity contribution in [3.63, 3.8) is 0 Å². The Balaban J connectivity index is 4.02. The third-order valence-corrected chi connectivity index (χ3v) is 2.48.